The molecule has 2 N–H and O–H groups in total. The summed E-state index contributed by atoms with van der Waals surface area (Å²) < 4.78 is 5.73. The van der Waals surface area contributed by atoms with E-state index < -0.39 is 5.97 Å². The molecule has 1 fully saturated rings. The predicted octanol–water partition coefficient (Wildman–Crippen LogP) is 1.45. The van der Waals surface area contributed by atoms with Crippen molar-refractivity contribution in [3.8, 4) is 0 Å². The van der Waals surface area contributed by atoms with Crippen LogP contribution in [0.1, 0.15) is 40.5 Å². The van der Waals surface area contributed by atoms with E-state index in [1.165, 1.54) is 0 Å². The summed E-state index contributed by atoms with van der Waals surface area (Å²) in [6.07, 6.45) is 0.529. The molecule has 6 nitrogen and oxygen atoms in total. The maximum absolute atomic E-state index is 12.1. The molecule has 6 heteroatoms. The number of carbonyl (C=O) groups is 2. The second-order valence-corrected chi connectivity index (χ2v) is 5.72. The third-order valence-electron chi connectivity index (χ3n) is 3.10. The van der Waals surface area contributed by atoms with E-state index in [1.807, 2.05) is 27.7 Å². The number of rotatable bonds is 4. The number of nitrogens with one attached hydrogen (secondary N) is 1. The number of hydrogen-bond donors (Lipinski definition) is 2. The third kappa shape index (κ3) is 5.06. The van der Waals surface area contributed by atoms with E-state index in [0.29, 0.717) is 19.5 Å². The molecule has 1 heterocycles. The second kappa shape index (κ2) is 6.23. The first kappa shape index (κ1) is 15.8. The summed E-state index contributed by atoms with van der Waals surface area (Å²) in [5, 5.41) is 11.6. The molecule has 2 unspecified atom stereocenters. The van der Waals surface area contributed by atoms with E-state index in [9.17, 15) is 9.59 Å². The van der Waals surface area contributed by atoms with Crippen LogP contribution in [-0.2, 0) is 9.53 Å². The van der Waals surface area contributed by atoms with Crippen LogP contribution >= 0.6 is 0 Å². The molecule has 1 aliphatic rings. The predicted molar refractivity (Wildman–Crippen MR) is 71.1 cm³/mol. The number of morpholine rings is 1. The number of ether oxygens (including phenoxy) is 1. The zero-order chi connectivity index (χ0) is 14.6. The summed E-state index contributed by atoms with van der Waals surface area (Å²) in [6.45, 7) is 8.70. The van der Waals surface area contributed by atoms with Crippen molar-refractivity contribution in [1.29, 1.82) is 0 Å². The molecule has 0 aromatic rings. The largest absolute Gasteiger partial charge is 0.481 e. The highest BCUT2D eigenvalue weighted by Crippen LogP contribution is 2.20. The van der Waals surface area contributed by atoms with Gasteiger partial charge in [0.25, 0.3) is 0 Å². The highest BCUT2D eigenvalue weighted by atomic mass is 16.5. The summed E-state index contributed by atoms with van der Waals surface area (Å²) in [5.41, 5.74) is -0.372. The Balaban J connectivity index is 2.59. The normalized spacial score (nSPS) is 23.8. The first-order valence-corrected chi connectivity index (χ1v) is 6.68. The van der Waals surface area contributed by atoms with Gasteiger partial charge in [-0.25, -0.2) is 4.79 Å². The molecule has 0 spiro atoms. The Morgan fingerprint density at radius 1 is 1.53 bits per heavy atom. The van der Waals surface area contributed by atoms with Crippen LogP contribution in [0.5, 0.6) is 0 Å². The summed E-state index contributed by atoms with van der Waals surface area (Å²) in [5.74, 6) is -0.900. The topological polar surface area (TPSA) is 78.9 Å². The number of hydrogen-bond acceptors (Lipinski definition) is 3. The lowest BCUT2D eigenvalue weighted by molar-refractivity contribution is -0.137. The molecule has 110 valence electrons. The van der Waals surface area contributed by atoms with E-state index in [2.05, 4.69) is 5.32 Å². The van der Waals surface area contributed by atoms with E-state index >= 15 is 0 Å². The number of amides is 2. The van der Waals surface area contributed by atoms with Crippen molar-refractivity contribution in [2.24, 2.45) is 0 Å². The summed E-state index contributed by atoms with van der Waals surface area (Å²) in [6, 6.07) is -0.539. The number of urea groups is 1. The van der Waals surface area contributed by atoms with Gasteiger partial charge in [0, 0.05) is 12.6 Å². The summed E-state index contributed by atoms with van der Waals surface area (Å²) in [4.78, 5) is 24.5. The number of aliphatic carboxylic acids is 1. The molecule has 0 aromatic heterocycles. The fourth-order valence-corrected chi connectivity index (χ4v) is 2.38. The van der Waals surface area contributed by atoms with Gasteiger partial charge >= 0.3 is 12.0 Å². The quantitative estimate of drug-likeness (QED) is 0.812. The number of carbonyl (C=O) groups excluding carboxylic acids is 1. The molecule has 0 saturated carbocycles. The minimum Gasteiger partial charge on any atom is -0.481 e. The van der Waals surface area contributed by atoms with Crippen LogP contribution < -0.4 is 5.32 Å². The van der Waals surface area contributed by atoms with Crippen LogP contribution in [0.3, 0.4) is 0 Å². The number of carboxylic acids is 1. The van der Waals surface area contributed by atoms with Crippen molar-refractivity contribution in [1.82, 2.24) is 10.2 Å². The van der Waals surface area contributed by atoms with Crippen LogP contribution in [-0.4, -0.2) is 52.8 Å². The molecule has 19 heavy (non-hydrogen) atoms. The lowest BCUT2D eigenvalue weighted by Gasteiger charge is -2.42. The molecule has 0 aromatic carbocycles. The van der Waals surface area contributed by atoms with Gasteiger partial charge in [0.15, 0.2) is 0 Å². The maximum atomic E-state index is 12.1. The Morgan fingerprint density at radius 3 is 2.63 bits per heavy atom. The molecule has 2 amide bonds. The Kier molecular flexibility index (Phi) is 5.17. The van der Waals surface area contributed by atoms with Crippen LogP contribution in [0.4, 0.5) is 4.79 Å². The second-order valence-electron chi connectivity index (χ2n) is 5.72. The van der Waals surface area contributed by atoms with Gasteiger partial charge in [0.2, 0.25) is 0 Å². The molecule has 0 bridgehead atoms. The van der Waals surface area contributed by atoms with E-state index in [-0.39, 0.29) is 30.2 Å². The van der Waals surface area contributed by atoms with Gasteiger partial charge in [-0.2, -0.15) is 0 Å². The molecular weight excluding hydrogens is 248 g/mol. The Bertz CT molecular complexity index is 344. The Hall–Kier alpha value is -1.30. The standard InChI is InChI=1S/C13H24N2O4/c1-5-10(6-11(16)17)14-12(18)15-7-9(2)19-13(3,4)8-15/h9-10H,5-8H2,1-4H3,(H,14,18)(H,16,17). The Labute approximate surface area is 114 Å². The van der Waals surface area contributed by atoms with Crippen LogP contribution in [0.2, 0.25) is 0 Å². The monoisotopic (exact) mass is 272 g/mol. The fraction of sp³-hybridized carbons (Fsp3) is 0.846. The Morgan fingerprint density at radius 2 is 2.16 bits per heavy atom. The van der Waals surface area contributed by atoms with Crippen molar-refractivity contribution in [2.45, 2.75) is 58.3 Å². The zero-order valence-corrected chi connectivity index (χ0v) is 12.1. The molecule has 1 aliphatic heterocycles. The lowest BCUT2D eigenvalue weighted by atomic mass is 10.1. The zero-order valence-electron chi connectivity index (χ0n) is 12.1. The van der Waals surface area contributed by atoms with Gasteiger partial charge in [-0.1, -0.05) is 6.92 Å². The van der Waals surface area contributed by atoms with Crippen molar-refractivity contribution >= 4 is 12.0 Å². The minimum atomic E-state index is -0.900. The highest BCUT2D eigenvalue weighted by molar-refractivity contribution is 5.76. The van der Waals surface area contributed by atoms with Gasteiger partial charge in [-0.05, 0) is 27.2 Å². The van der Waals surface area contributed by atoms with E-state index in [0.717, 1.165) is 0 Å². The molecule has 2 atom stereocenters. The molecule has 0 aliphatic carbocycles. The van der Waals surface area contributed by atoms with Crippen molar-refractivity contribution in [3.05, 3.63) is 0 Å². The molecular formula is C13H24N2O4. The minimum absolute atomic E-state index is 0.0194. The maximum Gasteiger partial charge on any atom is 0.317 e. The van der Waals surface area contributed by atoms with Crippen molar-refractivity contribution in [3.63, 3.8) is 0 Å². The molecule has 1 saturated heterocycles. The smallest absolute Gasteiger partial charge is 0.317 e. The number of carboxylic acid groups (broad SMARTS) is 1. The van der Waals surface area contributed by atoms with Crippen LogP contribution in [0.25, 0.3) is 0 Å². The first-order chi connectivity index (χ1) is 8.73. The van der Waals surface area contributed by atoms with Gasteiger partial charge in [-0.3, -0.25) is 4.79 Å². The highest BCUT2D eigenvalue weighted by Gasteiger charge is 2.34. The van der Waals surface area contributed by atoms with E-state index in [4.69, 9.17) is 9.84 Å². The van der Waals surface area contributed by atoms with E-state index in [1.54, 1.807) is 4.90 Å². The van der Waals surface area contributed by atoms with Crippen molar-refractivity contribution < 1.29 is 19.4 Å². The van der Waals surface area contributed by atoms with Gasteiger partial charge in [-0.15, -0.1) is 0 Å². The van der Waals surface area contributed by atoms with Gasteiger partial charge in [0.05, 0.1) is 24.7 Å². The molecule has 1 rings (SSSR count). The summed E-state index contributed by atoms with van der Waals surface area (Å²) in [7, 11) is 0. The van der Waals surface area contributed by atoms with Crippen molar-refractivity contribution in [2.75, 3.05) is 13.1 Å². The SMILES string of the molecule is CCC(CC(=O)O)NC(=O)N1CC(C)OC(C)(C)C1. The number of nitrogens with zero attached hydrogens (tertiary/aromatic N) is 1. The van der Waals surface area contributed by atoms with Crippen LogP contribution in [0.15, 0.2) is 0 Å². The third-order valence-corrected chi connectivity index (χ3v) is 3.10. The first-order valence-electron chi connectivity index (χ1n) is 6.68. The van der Waals surface area contributed by atoms with Gasteiger partial charge < -0.3 is 20.1 Å². The fourth-order valence-electron chi connectivity index (χ4n) is 2.38. The average molecular weight is 272 g/mol. The van der Waals surface area contributed by atoms with Crippen LogP contribution in [0, 0.1) is 0 Å². The van der Waals surface area contributed by atoms with Gasteiger partial charge in [0.1, 0.15) is 0 Å². The molecule has 0 radical (unpaired) electrons. The summed E-state index contributed by atoms with van der Waals surface area (Å²) >= 11 is 0. The average Bonchev–Trinajstić information content (AvgIpc) is 2.24. The lowest BCUT2D eigenvalue weighted by Crippen LogP contribution is -2.57.